The van der Waals surface area contributed by atoms with Crippen LogP contribution in [0.1, 0.15) is 51.6 Å². The first-order valence-corrected chi connectivity index (χ1v) is 7.66. The smallest absolute Gasteiger partial charge is 0.227 e. The topological polar surface area (TPSA) is 55.1 Å². The zero-order valence-corrected chi connectivity index (χ0v) is 13.0. The van der Waals surface area contributed by atoms with Gasteiger partial charge in [-0.1, -0.05) is 32.4 Å². The SMILES string of the molecule is CC(C)C(NC(=O)C1(C)CCCC1N)c1ccc(F)cc1. The summed E-state index contributed by atoms with van der Waals surface area (Å²) in [6, 6.07) is 6.12. The maximum Gasteiger partial charge on any atom is 0.227 e. The summed E-state index contributed by atoms with van der Waals surface area (Å²) >= 11 is 0. The molecule has 1 aliphatic rings. The zero-order valence-electron chi connectivity index (χ0n) is 13.0. The molecule has 0 aromatic heterocycles. The first-order valence-electron chi connectivity index (χ1n) is 7.66. The Morgan fingerprint density at radius 3 is 2.48 bits per heavy atom. The summed E-state index contributed by atoms with van der Waals surface area (Å²) in [5.74, 6) is -0.0338. The van der Waals surface area contributed by atoms with Crippen LogP contribution in [0.5, 0.6) is 0 Å². The van der Waals surface area contributed by atoms with Crippen molar-refractivity contribution in [3.63, 3.8) is 0 Å². The molecule has 0 heterocycles. The van der Waals surface area contributed by atoms with Gasteiger partial charge < -0.3 is 11.1 Å². The largest absolute Gasteiger partial charge is 0.349 e. The van der Waals surface area contributed by atoms with Crippen molar-refractivity contribution < 1.29 is 9.18 Å². The van der Waals surface area contributed by atoms with E-state index in [-0.39, 0.29) is 29.7 Å². The molecule has 1 aliphatic carbocycles. The van der Waals surface area contributed by atoms with Crippen LogP contribution < -0.4 is 11.1 Å². The van der Waals surface area contributed by atoms with E-state index in [4.69, 9.17) is 5.73 Å². The molecule has 116 valence electrons. The van der Waals surface area contributed by atoms with Crippen LogP contribution in [-0.4, -0.2) is 11.9 Å². The van der Waals surface area contributed by atoms with Gasteiger partial charge in [-0.15, -0.1) is 0 Å². The lowest BCUT2D eigenvalue weighted by molar-refractivity contribution is -0.131. The molecule has 3 unspecified atom stereocenters. The average Bonchev–Trinajstić information content (AvgIpc) is 2.78. The molecule has 1 aromatic carbocycles. The lowest BCUT2D eigenvalue weighted by Gasteiger charge is -2.32. The Hall–Kier alpha value is -1.42. The van der Waals surface area contributed by atoms with Gasteiger partial charge >= 0.3 is 0 Å². The van der Waals surface area contributed by atoms with E-state index in [0.29, 0.717) is 0 Å². The molecule has 3 atom stereocenters. The Kier molecular flexibility index (Phi) is 4.67. The standard InChI is InChI=1S/C17H25FN2O/c1-11(2)15(12-6-8-13(18)9-7-12)20-16(21)17(3)10-4-5-14(17)19/h6-9,11,14-15H,4-5,10,19H2,1-3H3,(H,20,21). The minimum atomic E-state index is -0.493. The maximum atomic E-state index is 13.1. The molecule has 3 N–H and O–H groups in total. The van der Waals surface area contributed by atoms with Crippen LogP contribution in [0.3, 0.4) is 0 Å². The predicted octanol–water partition coefficient (Wildman–Crippen LogP) is 3.16. The van der Waals surface area contributed by atoms with E-state index in [1.165, 1.54) is 12.1 Å². The highest BCUT2D eigenvalue weighted by Crippen LogP contribution is 2.37. The number of nitrogens with one attached hydrogen (secondary N) is 1. The van der Waals surface area contributed by atoms with Crippen molar-refractivity contribution in [1.29, 1.82) is 0 Å². The molecular formula is C17H25FN2O. The van der Waals surface area contributed by atoms with Gasteiger partial charge in [0.2, 0.25) is 5.91 Å². The van der Waals surface area contributed by atoms with Crippen molar-refractivity contribution >= 4 is 5.91 Å². The summed E-state index contributed by atoms with van der Waals surface area (Å²) in [6.45, 7) is 6.04. The zero-order chi connectivity index (χ0) is 15.6. The van der Waals surface area contributed by atoms with Gasteiger partial charge in [-0.2, -0.15) is 0 Å². The second-order valence-electron chi connectivity index (χ2n) is 6.66. The van der Waals surface area contributed by atoms with Crippen LogP contribution in [0.4, 0.5) is 4.39 Å². The molecule has 0 bridgehead atoms. The summed E-state index contributed by atoms with van der Waals surface area (Å²) in [5, 5.41) is 3.12. The minimum Gasteiger partial charge on any atom is -0.349 e. The van der Waals surface area contributed by atoms with Gasteiger partial charge in [-0.25, -0.2) is 4.39 Å². The highest BCUT2D eigenvalue weighted by atomic mass is 19.1. The second kappa shape index (κ2) is 6.14. The Morgan fingerprint density at radius 1 is 1.38 bits per heavy atom. The van der Waals surface area contributed by atoms with E-state index in [0.717, 1.165) is 24.8 Å². The molecule has 1 saturated carbocycles. The quantitative estimate of drug-likeness (QED) is 0.895. The van der Waals surface area contributed by atoms with Crippen molar-refractivity contribution in [2.24, 2.45) is 17.1 Å². The van der Waals surface area contributed by atoms with E-state index < -0.39 is 5.41 Å². The minimum absolute atomic E-state index is 0.00975. The van der Waals surface area contributed by atoms with Gasteiger partial charge in [0, 0.05) is 6.04 Å². The summed E-state index contributed by atoms with van der Waals surface area (Å²) < 4.78 is 13.1. The monoisotopic (exact) mass is 292 g/mol. The molecule has 0 radical (unpaired) electrons. The summed E-state index contributed by atoms with van der Waals surface area (Å²) in [4.78, 5) is 12.7. The number of hydrogen-bond acceptors (Lipinski definition) is 2. The Morgan fingerprint density at radius 2 is 2.00 bits per heavy atom. The lowest BCUT2D eigenvalue weighted by atomic mass is 9.83. The third-order valence-corrected chi connectivity index (χ3v) is 4.73. The molecule has 1 fully saturated rings. The Balaban J connectivity index is 2.17. The molecule has 1 aromatic rings. The fourth-order valence-corrected chi connectivity index (χ4v) is 3.09. The molecule has 0 spiro atoms. The number of hydrogen-bond donors (Lipinski definition) is 2. The highest BCUT2D eigenvalue weighted by Gasteiger charge is 2.43. The lowest BCUT2D eigenvalue weighted by Crippen LogP contribution is -2.49. The third-order valence-electron chi connectivity index (χ3n) is 4.73. The van der Waals surface area contributed by atoms with Crippen molar-refractivity contribution in [3.05, 3.63) is 35.6 Å². The fourth-order valence-electron chi connectivity index (χ4n) is 3.09. The van der Waals surface area contributed by atoms with Gasteiger partial charge in [0.15, 0.2) is 0 Å². The second-order valence-corrected chi connectivity index (χ2v) is 6.66. The molecule has 21 heavy (non-hydrogen) atoms. The predicted molar refractivity (Wildman–Crippen MR) is 82.1 cm³/mol. The summed E-state index contributed by atoms with van der Waals surface area (Å²) in [6.07, 6.45) is 2.72. The number of amides is 1. The number of benzene rings is 1. The van der Waals surface area contributed by atoms with Crippen LogP contribution in [0.2, 0.25) is 0 Å². The highest BCUT2D eigenvalue weighted by molar-refractivity contribution is 5.83. The van der Waals surface area contributed by atoms with E-state index in [2.05, 4.69) is 5.32 Å². The number of nitrogens with two attached hydrogens (primary N) is 1. The van der Waals surface area contributed by atoms with Crippen LogP contribution in [0.15, 0.2) is 24.3 Å². The summed E-state index contributed by atoms with van der Waals surface area (Å²) in [5.41, 5.74) is 6.55. The van der Waals surface area contributed by atoms with Crippen LogP contribution in [0, 0.1) is 17.2 Å². The molecule has 2 rings (SSSR count). The van der Waals surface area contributed by atoms with E-state index in [9.17, 15) is 9.18 Å². The molecule has 4 heteroatoms. The maximum absolute atomic E-state index is 13.1. The van der Waals surface area contributed by atoms with Gasteiger partial charge in [0.1, 0.15) is 5.82 Å². The van der Waals surface area contributed by atoms with Gasteiger partial charge in [0.25, 0.3) is 0 Å². The Labute approximate surface area is 126 Å². The molecule has 3 nitrogen and oxygen atoms in total. The van der Waals surface area contributed by atoms with Gasteiger partial charge in [0.05, 0.1) is 11.5 Å². The van der Waals surface area contributed by atoms with E-state index in [1.54, 1.807) is 12.1 Å². The Bertz CT molecular complexity index is 500. The number of rotatable bonds is 4. The molecule has 0 saturated heterocycles. The van der Waals surface area contributed by atoms with Crippen molar-refractivity contribution in [3.8, 4) is 0 Å². The van der Waals surface area contributed by atoms with Crippen LogP contribution >= 0.6 is 0 Å². The van der Waals surface area contributed by atoms with Crippen LogP contribution in [0.25, 0.3) is 0 Å². The number of carbonyl (C=O) groups excluding carboxylic acids is 1. The average molecular weight is 292 g/mol. The fraction of sp³-hybridized carbons (Fsp3) is 0.588. The molecule has 0 aliphatic heterocycles. The van der Waals surface area contributed by atoms with E-state index in [1.807, 2.05) is 20.8 Å². The van der Waals surface area contributed by atoms with Crippen molar-refractivity contribution in [1.82, 2.24) is 5.32 Å². The normalized spacial score (nSPS) is 26.9. The van der Waals surface area contributed by atoms with E-state index >= 15 is 0 Å². The third kappa shape index (κ3) is 3.26. The van der Waals surface area contributed by atoms with Crippen molar-refractivity contribution in [2.75, 3.05) is 0 Å². The molecule has 1 amide bonds. The molecular weight excluding hydrogens is 267 g/mol. The number of halogens is 1. The van der Waals surface area contributed by atoms with Gasteiger partial charge in [-0.3, -0.25) is 4.79 Å². The van der Waals surface area contributed by atoms with Crippen LogP contribution in [-0.2, 0) is 4.79 Å². The van der Waals surface area contributed by atoms with Gasteiger partial charge in [-0.05, 0) is 43.4 Å². The summed E-state index contributed by atoms with van der Waals surface area (Å²) in [7, 11) is 0. The van der Waals surface area contributed by atoms with Crippen molar-refractivity contribution in [2.45, 2.75) is 52.1 Å². The first kappa shape index (κ1) is 16.0. The number of carbonyl (C=O) groups is 1. The first-order chi connectivity index (χ1) is 9.84.